The standard InChI is InChI=1S/C10H10FNO4/c1-7(13)4-5-16-10-3-2-8(11)6-9(10)12(14)15/h2-3,6H,4-5H2,1H3. The molecule has 0 heterocycles. The molecule has 0 aliphatic carbocycles. The van der Waals surface area contributed by atoms with Gasteiger partial charge >= 0.3 is 5.69 Å². The van der Waals surface area contributed by atoms with Gasteiger partial charge in [0.2, 0.25) is 0 Å². The zero-order valence-electron chi connectivity index (χ0n) is 8.60. The van der Waals surface area contributed by atoms with Crippen molar-refractivity contribution in [2.24, 2.45) is 0 Å². The summed E-state index contributed by atoms with van der Waals surface area (Å²) in [5.74, 6) is -0.817. The Labute approximate surface area is 91.0 Å². The van der Waals surface area contributed by atoms with E-state index in [1.807, 2.05) is 0 Å². The Balaban J connectivity index is 2.78. The van der Waals surface area contributed by atoms with Gasteiger partial charge in [-0.2, -0.15) is 0 Å². The van der Waals surface area contributed by atoms with Crippen molar-refractivity contribution >= 4 is 11.5 Å². The Kier molecular flexibility index (Phi) is 3.93. The van der Waals surface area contributed by atoms with Crippen molar-refractivity contribution in [3.8, 4) is 5.75 Å². The van der Waals surface area contributed by atoms with Gasteiger partial charge < -0.3 is 4.74 Å². The molecule has 1 rings (SSSR count). The van der Waals surface area contributed by atoms with Gasteiger partial charge in [0.15, 0.2) is 5.75 Å². The minimum absolute atomic E-state index is 0.0346. The van der Waals surface area contributed by atoms with Crippen LogP contribution < -0.4 is 4.74 Å². The molecule has 86 valence electrons. The SMILES string of the molecule is CC(=O)CCOc1ccc(F)cc1[N+](=O)[O-]. The molecule has 0 saturated carbocycles. The molecule has 0 aliphatic rings. The van der Waals surface area contributed by atoms with Crippen LogP contribution in [0, 0.1) is 15.9 Å². The number of carbonyl (C=O) groups is 1. The zero-order chi connectivity index (χ0) is 12.1. The van der Waals surface area contributed by atoms with Crippen LogP contribution in [-0.4, -0.2) is 17.3 Å². The number of benzene rings is 1. The Bertz CT molecular complexity index is 419. The molecule has 0 bridgehead atoms. The quantitative estimate of drug-likeness (QED) is 0.570. The Hall–Kier alpha value is -1.98. The smallest absolute Gasteiger partial charge is 0.313 e. The summed E-state index contributed by atoms with van der Waals surface area (Å²) in [6.07, 6.45) is 0.161. The second kappa shape index (κ2) is 5.20. The number of carbonyl (C=O) groups excluding carboxylic acids is 1. The first-order valence-corrected chi connectivity index (χ1v) is 4.57. The molecule has 0 N–H and O–H groups in total. The molecular formula is C10H10FNO4. The third-order valence-electron chi connectivity index (χ3n) is 1.83. The van der Waals surface area contributed by atoms with Crippen molar-refractivity contribution in [2.45, 2.75) is 13.3 Å². The molecule has 0 saturated heterocycles. The molecule has 0 atom stereocenters. The van der Waals surface area contributed by atoms with Crippen molar-refractivity contribution in [1.29, 1.82) is 0 Å². The maximum Gasteiger partial charge on any atom is 0.313 e. The van der Waals surface area contributed by atoms with E-state index < -0.39 is 16.4 Å². The number of nitro groups is 1. The van der Waals surface area contributed by atoms with Gasteiger partial charge in [0.05, 0.1) is 17.6 Å². The van der Waals surface area contributed by atoms with E-state index in [9.17, 15) is 19.3 Å². The summed E-state index contributed by atoms with van der Waals surface area (Å²) < 4.78 is 17.8. The summed E-state index contributed by atoms with van der Waals surface area (Å²) >= 11 is 0. The van der Waals surface area contributed by atoms with Crippen LogP contribution in [0.2, 0.25) is 0 Å². The van der Waals surface area contributed by atoms with E-state index in [1.54, 1.807) is 0 Å². The average molecular weight is 227 g/mol. The first kappa shape index (κ1) is 12.1. The Morgan fingerprint density at radius 3 is 2.81 bits per heavy atom. The van der Waals surface area contributed by atoms with Gasteiger partial charge in [-0.15, -0.1) is 0 Å². The van der Waals surface area contributed by atoms with Crippen LogP contribution in [-0.2, 0) is 4.79 Å². The molecule has 0 fully saturated rings. The van der Waals surface area contributed by atoms with Gasteiger partial charge in [-0.05, 0) is 19.1 Å². The number of hydrogen-bond donors (Lipinski definition) is 0. The fraction of sp³-hybridized carbons (Fsp3) is 0.300. The lowest BCUT2D eigenvalue weighted by molar-refractivity contribution is -0.386. The van der Waals surface area contributed by atoms with E-state index in [0.717, 1.165) is 12.1 Å². The minimum atomic E-state index is -0.730. The summed E-state index contributed by atoms with van der Waals surface area (Å²) in [5.41, 5.74) is -0.441. The molecule has 1 aromatic rings. The first-order chi connectivity index (χ1) is 7.50. The molecule has 16 heavy (non-hydrogen) atoms. The molecule has 1 aromatic carbocycles. The van der Waals surface area contributed by atoms with Crippen LogP contribution in [0.3, 0.4) is 0 Å². The number of rotatable bonds is 5. The summed E-state index contributed by atoms with van der Waals surface area (Å²) in [5, 5.41) is 10.6. The third-order valence-corrected chi connectivity index (χ3v) is 1.83. The second-order valence-electron chi connectivity index (χ2n) is 3.17. The highest BCUT2D eigenvalue weighted by Crippen LogP contribution is 2.27. The zero-order valence-corrected chi connectivity index (χ0v) is 8.60. The van der Waals surface area contributed by atoms with Crippen LogP contribution in [0.15, 0.2) is 18.2 Å². The average Bonchev–Trinajstić information content (AvgIpc) is 2.19. The third kappa shape index (κ3) is 3.30. The van der Waals surface area contributed by atoms with E-state index in [2.05, 4.69) is 0 Å². The van der Waals surface area contributed by atoms with E-state index in [4.69, 9.17) is 4.74 Å². The van der Waals surface area contributed by atoms with Crippen LogP contribution >= 0.6 is 0 Å². The molecule has 0 aliphatic heterocycles. The van der Waals surface area contributed by atoms with Gasteiger partial charge in [-0.1, -0.05) is 0 Å². The van der Waals surface area contributed by atoms with Gasteiger partial charge in [0.25, 0.3) is 0 Å². The molecule has 6 heteroatoms. The fourth-order valence-electron chi connectivity index (χ4n) is 1.06. The normalized spacial score (nSPS) is 9.88. The molecule has 0 spiro atoms. The van der Waals surface area contributed by atoms with Crippen molar-refractivity contribution in [2.75, 3.05) is 6.61 Å². The van der Waals surface area contributed by atoms with Crippen LogP contribution in [0.1, 0.15) is 13.3 Å². The number of halogens is 1. The molecule has 5 nitrogen and oxygen atoms in total. The van der Waals surface area contributed by atoms with Crippen LogP contribution in [0.5, 0.6) is 5.75 Å². The van der Waals surface area contributed by atoms with Crippen molar-refractivity contribution in [3.63, 3.8) is 0 Å². The lowest BCUT2D eigenvalue weighted by atomic mass is 10.3. The highest BCUT2D eigenvalue weighted by atomic mass is 19.1. The number of nitro benzene ring substituents is 1. The van der Waals surface area contributed by atoms with E-state index in [1.165, 1.54) is 13.0 Å². The highest BCUT2D eigenvalue weighted by molar-refractivity contribution is 5.75. The lowest BCUT2D eigenvalue weighted by Crippen LogP contribution is -2.04. The first-order valence-electron chi connectivity index (χ1n) is 4.57. The van der Waals surface area contributed by atoms with E-state index in [-0.39, 0.29) is 24.6 Å². The maximum absolute atomic E-state index is 12.7. The molecule has 0 unspecified atom stereocenters. The van der Waals surface area contributed by atoms with Crippen molar-refractivity contribution < 1.29 is 18.8 Å². The Morgan fingerprint density at radius 1 is 1.56 bits per heavy atom. The summed E-state index contributed by atoms with van der Waals surface area (Å²) in [7, 11) is 0. The summed E-state index contributed by atoms with van der Waals surface area (Å²) in [6.45, 7) is 1.43. The predicted molar refractivity (Wildman–Crippen MR) is 53.8 cm³/mol. The largest absolute Gasteiger partial charge is 0.486 e. The molecule has 0 radical (unpaired) electrons. The number of Topliss-reactive ketones (excluding diaryl/α,β-unsaturated/α-hetero) is 1. The lowest BCUT2D eigenvalue weighted by Gasteiger charge is -2.05. The maximum atomic E-state index is 12.7. The molecular weight excluding hydrogens is 217 g/mol. The van der Waals surface area contributed by atoms with Gasteiger partial charge in [0.1, 0.15) is 11.6 Å². The van der Waals surface area contributed by atoms with Crippen LogP contribution in [0.4, 0.5) is 10.1 Å². The molecule has 0 amide bonds. The number of nitrogens with zero attached hydrogens (tertiary/aromatic N) is 1. The molecule has 0 aromatic heterocycles. The van der Waals surface area contributed by atoms with Gasteiger partial charge in [0, 0.05) is 6.42 Å². The van der Waals surface area contributed by atoms with Crippen LogP contribution in [0.25, 0.3) is 0 Å². The topological polar surface area (TPSA) is 69.4 Å². The summed E-state index contributed by atoms with van der Waals surface area (Å²) in [6, 6.07) is 3.02. The fourth-order valence-corrected chi connectivity index (χ4v) is 1.06. The number of hydrogen-bond acceptors (Lipinski definition) is 4. The van der Waals surface area contributed by atoms with Gasteiger partial charge in [-0.25, -0.2) is 4.39 Å². The summed E-state index contributed by atoms with van der Waals surface area (Å²) in [4.78, 5) is 20.5. The van der Waals surface area contributed by atoms with E-state index >= 15 is 0 Å². The predicted octanol–water partition coefficient (Wildman–Crippen LogP) is 2.09. The Morgan fingerprint density at radius 2 is 2.25 bits per heavy atom. The van der Waals surface area contributed by atoms with Crippen molar-refractivity contribution in [3.05, 3.63) is 34.1 Å². The van der Waals surface area contributed by atoms with E-state index in [0.29, 0.717) is 0 Å². The number of ketones is 1. The van der Waals surface area contributed by atoms with Gasteiger partial charge in [-0.3, -0.25) is 14.9 Å². The highest BCUT2D eigenvalue weighted by Gasteiger charge is 2.16. The minimum Gasteiger partial charge on any atom is -0.486 e. The van der Waals surface area contributed by atoms with Crippen molar-refractivity contribution in [1.82, 2.24) is 0 Å². The number of ether oxygens (including phenoxy) is 1. The monoisotopic (exact) mass is 227 g/mol. The second-order valence-corrected chi connectivity index (χ2v) is 3.17.